The Morgan fingerprint density at radius 2 is 2.29 bits per heavy atom. The van der Waals surface area contributed by atoms with Gasteiger partial charge in [0.25, 0.3) is 0 Å². The molecular weight excluding hydrogens is 286 g/mol. The number of hydrogen-bond acceptors (Lipinski definition) is 4. The van der Waals surface area contributed by atoms with Crippen LogP contribution >= 0.6 is 15.9 Å². The van der Waals surface area contributed by atoms with Crippen molar-refractivity contribution in [1.82, 2.24) is 24.5 Å². The smallest absolute Gasteiger partial charge is 0.154 e. The second kappa shape index (κ2) is 3.92. The number of aliphatic hydroxyl groups is 1. The van der Waals surface area contributed by atoms with Gasteiger partial charge in [-0.3, -0.25) is 0 Å². The van der Waals surface area contributed by atoms with Crippen molar-refractivity contribution in [2.75, 3.05) is 0 Å². The molecule has 2 aromatic rings. The topological polar surface area (TPSA) is 68.8 Å². The summed E-state index contributed by atoms with van der Waals surface area (Å²) in [4.78, 5) is 4.11. The third kappa shape index (κ3) is 1.79. The quantitative estimate of drug-likeness (QED) is 0.924. The van der Waals surface area contributed by atoms with Gasteiger partial charge in [-0.25, -0.2) is 9.67 Å². The van der Waals surface area contributed by atoms with E-state index in [2.05, 4.69) is 31.2 Å². The summed E-state index contributed by atoms with van der Waals surface area (Å²) >= 11 is 3.30. The first kappa shape index (κ1) is 10.9. The Bertz CT molecular complexity index is 525. The second-order valence-electron chi connectivity index (χ2n) is 4.25. The third-order valence-electron chi connectivity index (χ3n) is 3.00. The summed E-state index contributed by atoms with van der Waals surface area (Å²) in [5, 5.41) is 18.1. The molecule has 0 saturated heterocycles. The van der Waals surface area contributed by atoms with Crippen molar-refractivity contribution in [2.45, 2.75) is 25.0 Å². The van der Waals surface area contributed by atoms with Crippen molar-refractivity contribution < 1.29 is 5.11 Å². The molecule has 7 heteroatoms. The van der Waals surface area contributed by atoms with E-state index in [1.807, 2.05) is 4.57 Å². The van der Waals surface area contributed by atoms with E-state index < -0.39 is 6.10 Å². The van der Waals surface area contributed by atoms with Crippen LogP contribution in [0.3, 0.4) is 0 Å². The fourth-order valence-electron chi connectivity index (χ4n) is 1.95. The van der Waals surface area contributed by atoms with Crippen molar-refractivity contribution in [1.29, 1.82) is 0 Å². The molecule has 6 nitrogen and oxygen atoms in total. The Morgan fingerprint density at radius 1 is 1.53 bits per heavy atom. The fourth-order valence-corrected chi connectivity index (χ4v) is 2.50. The molecule has 1 unspecified atom stereocenters. The van der Waals surface area contributed by atoms with Crippen molar-refractivity contribution in [3.05, 3.63) is 28.5 Å². The normalized spacial score (nSPS) is 17.4. The minimum Gasteiger partial charge on any atom is -0.380 e. The van der Waals surface area contributed by atoms with Gasteiger partial charge < -0.3 is 9.67 Å². The summed E-state index contributed by atoms with van der Waals surface area (Å²) in [6.07, 6.45) is 5.02. The number of halogens is 1. The summed E-state index contributed by atoms with van der Waals surface area (Å²) in [7, 11) is 1.76. The highest BCUT2D eigenvalue weighted by Crippen LogP contribution is 2.38. The highest BCUT2D eigenvalue weighted by atomic mass is 79.9. The molecular formula is C10H12BrN5O. The van der Waals surface area contributed by atoms with E-state index >= 15 is 0 Å². The minimum atomic E-state index is -0.757. The number of hydrogen-bond donors (Lipinski definition) is 1. The van der Waals surface area contributed by atoms with Gasteiger partial charge in [-0.2, -0.15) is 0 Å². The van der Waals surface area contributed by atoms with Crippen LogP contribution in [0.2, 0.25) is 0 Å². The molecule has 0 aromatic carbocycles. The van der Waals surface area contributed by atoms with Crippen LogP contribution in [0, 0.1) is 0 Å². The number of imidazole rings is 1. The van der Waals surface area contributed by atoms with Gasteiger partial charge in [-0.15, -0.1) is 5.10 Å². The number of aryl methyl sites for hydroxylation is 1. The highest BCUT2D eigenvalue weighted by molar-refractivity contribution is 9.10. The van der Waals surface area contributed by atoms with Crippen LogP contribution in [0.4, 0.5) is 0 Å². The molecule has 1 fully saturated rings. The van der Waals surface area contributed by atoms with Crippen LogP contribution in [0.25, 0.3) is 0 Å². The monoisotopic (exact) mass is 297 g/mol. The average Bonchev–Trinajstić information content (AvgIpc) is 2.94. The van der Waals surface area contributed by atoms with E-state index in [1.54, 1.807) is 24.3 Å². The van der Waals surface area contributed by atoms with Crippen LogP contribution in [-0.4, -0.2) is 29.7 Å². The van der Waals surface area contributed by atoms with Gasteiger partial charge in [0.15, 0.2) is 4.60 Å². The number of aliphatic hydroxyl groups excluding tert-OH is 1. The fraction of sp³-hybridized carbons (Fsp3) is 0.500. The maximum Gasteiger partial charge on any atom is 0.154 e. The van der Waals surface area contributed by atoms with Crippen LogP contribution < -0.4 is 0 Å². The van der Waals surface area contributed by atoms with Gasteiger partial charge in [0, 0.05) is 13.1 Å². The molecule has 0 amide bonds. The predicted octanol–water partition coefficient (Wildman–Crippen LogP) is 1.19. The number of rotatable bonds is 3. The zero-order valence-corrected chi connectivity index (χ0v) is 10.9. The molecule has 90 valence electrons. The Balaban J connectivity index is 2.01. The van der Waals surface area contributed by atoms with E-state index in [9.17, 15) is 5.11 Å². The van der Waals surface area contributed by atoms with E-state index in [0.717, 1.165) is 18.5 Å². The predicted molar refractivity (Wildman–Crippen MR) is 63.3 cm³/mol. The van der Waals surface area contributed by atoms with E-state index in [1.165, 1.54) is 0 Å². The maximum atomic E-state index is 10.4. The lowest BCUT2D eigenvalue weighted by Gasteiger charge is -2.13. The first-order valence-corrected chi connectivity index (χ1v) is 6.22. The first-order chi connectivity index (χ1) is 8.18. The molecule has 1 saturated carbocycles. The van der Waals surface area contributed by atoms with E-state index in [4.69, 9.17) is 0 Å². The summed E-state index contributed by atoms with van der Waals surface area (Å²) in [6.45, 7) is 0. The standard InChI is InChI=1S/C10H12BrN5O/c1-15-8(10(11)13-14-15)9(17)7-4-12-5-16(7)6-2-3-6/h4-6,9,17H,2-3H2,1H3. The molecule has 0 bridgehead atoms. The molecule has 1 aliphatic rings. The molecule has 0 spiro atoms. The molecule has 1 N–H and O–H groups in total. The highest BCUT2D eigenvalue weighted by Gasteiger charge is 2.29. The lowest BCUT2D eigenvalue weighted by molar-refractivity contribution is 0.199. The summed E-state index contributed by atoms with van der Waals surface area (Å²) < 4.78 is 4.17. The van der Waals surface area contributed by atoms with Gasteiger partial charge in [0.05, 0.1) is 18.2 Å². The minimum absolute atomic E-state index is 0.488. The maximum absolute atomic E-state index is 10.4. The summed E-state index contributed by atoms with van der Waals surface area (Å²) in [6, 6.07) is 0.488. The van der Waals surface area contributed by atoms with E-state index in [0.29, 0.717) is 16.3 Å². The largest absolute Gasteiger partial charge is 0.380 e. The van der Waals surface area contributed by atoms with Crippen LogP contribution in [-0.2, 0) is 7.05 Å². The van der Waals surface area contributed by atoms with Gasteiger partial charge in [-0.1, -0.05) is 5.21 Å². The second-order valence-corrected chi connectivity index (χ2v) is 5.00. The van der Waals surface area contributed by atoms with Gasteiger partial charge >= 0.3 is 0 Å². The summed E-state index contributed by atoms with van der Waals surface area (Å²) in [5.74, 6) is 0. The van der Waals surface area contributed by atoms with Crippen LogP contribution in [0.1, 0.15) is 36.4 Å². The van der Waals surface area contributed by atoms with Gasteiger partial charge in [0.1, 0.15) is 11.8 Å². The SMILES string of the molecule is Cn1nnc(Br)c1C(O)c1cncn1C1CC1. The van der Waals surface area contributed by atoms with Crippen LogP contribution in [0.5, 0.6) is 0 Å². The van der Waals surface area contributed by atoms with Crippen molar-refractivity contribution >= 4 is 15.9 Å². The summed E-state index contributed by atoms with van der Waals surface area (Å²) in [5.41, 5.74) is 1.44. The number of aromatic nitrogens is 5. The van der Waals surface area contributed by atoms with Crippen LogP contribution in [0.15, 0.2) is 17.1 Å². The van der Waals surface area contributed by atoms with Crippen molar-refractivity contribution in [3.63, 3.8) is 0 Å². The Kier molecular flexibility index (Phi) is 2.52. The van der Waals surface area contributed by atoms with Crippen molar-refractivity contribution in [3.8, 4) is 0 Å². The molecule has 1 aliphatic carbocycles. The third-order valence-corrected chi connectivity index (χ3v) is 3.57. The van der Waals surface area contributed by atoms with Gasteiger partial charge in [0.2, 0.25) is 0 Å². The Hall–Kier alpha value is -1.21. The van der Waals surface area contributed by atoms with E-state index in [-0.39, 0.29) is 0 Å². The molecule has 3 rings (SSSR count). The number of nitrogens with zero attached hydrogens (tertiary/aromatic N) is 5. The zero-order valence-electron chi connectivity index (χ0n) is 9.28. The lowest BCUT2D eigenvalue weighted by atomic mass is 10.2. The zero-order chi connectivity index (χ0) is 12.0. The Morgan fingerprint density at radius 3 is 2.88 bits per heavy atom. The molecule has 1 atom stereocenters. The molecule has 2 heterocycles. The lowest BCUT2D eigenvalue weighted by Crippen LogP contribution is -2.11. The molecule has 0 aliphatic heterocycles. The molecule has 0 radical (unpaired) electrons. The Labute approximate surface area is 106 Å². The van der Waals surface area contributed by atoms with Crippen molar-refractivity contribution in [2.24, 2.45) is 7.05 Å². The molecule has 2 aromatic heterocycles. The average molecular weight is 298 g/mol. The van der Waals surface area contributed by atoms with Gasteiger partial charge in [-0.05, 0) is 28.8 Å². The first-order valence-electron chi connectivity index (χ1n) is 5.43. The molecule has 17 heavy (non-hydrogen) atoms.